The van der Waals surface area contributed by atoms with E-state index in [1.807, 2.05) is 30.0 Å². The van der Waals surface area contributed by atoms with Crippen LogP contribution in [0.4, 0.5) is 11.5 Å². The number of benzene rings is 1. The molecule has 2 aromatic rings. The van der Waals surface area contributed by atoms with E-state index in [1.54, 1.807) is 6.07 Å². The molecule has 1 aromatic heterocycles. The predicted octanol–water partition coefficient (Wildman–Crippen LogP) is 4.29. The van der Waals surface area contributed by atoms with E-state index in [0.717, 1.165) is 30.9 Å². The summed E-state index contributed by atoms with van der Waals surface area (Å²) in [6.45, 7) is 3.38. The van der Waals surface area contributed by atoms with Crippen LogP contribution in [-0.2, 0) is 6.42 Å². The number of carbonyl (C=O) groups excluding carboxylic acids is 1. The molecule has 4 rings (SSSR count). The Bertz CT molecular complexity index is 874. The first-order valence-electron chi connectivity index (χ1n) is 9.88. The molecule has 27 heavy (non-hydrogen) atoms. The van der Waals surface area contributed by atoms with Gasteiger partial charge in [-0.2, -0.15) is 0 Å². The average molecular weight is 362 g/mol. The zero-order valence-electron chi connectivity index (χ0n) is 15.9. The number of rotatable bonds is 5. The molecule has 140 valence electrons. The summed E-state index contributed by atoms with van der Waals surface area (Å²) in [5.41, 5.74) is 4.20. The first kappa shape index (κ1) is 17.7. The van der Waals surface area contributed by atoms with Gasteiger partial charge in [0.25, 0.3) is 5.91 Å². The Morgan fingerprint density at radius 2 is 2.07 bits per heavy atom. The van der Waals surface area contributed by atoms with Crippen LogP contribution < -0.4 is 10.2 Å². The molecular formula is C22H26N4O. The molecule has 2 heterocycles. The molecule has 0 saturated heterocycles. The van der Waals surface area contributed by atoms with E-state index in [4.69, 9.17) is 0 Å². The number of aryl methyl sites for hydroxylation is 1. The van der Waals surface area contributed by atoms with Gasteiger partial charge < -0.3 is 10.2 Å². The predicted molar refractivity (Wildman–Crippen MR) is 108 cm³/mol. The van der Waals surface area contributed by atoms with Crippen LogP contribution in [0.1, 0.15) is 54.0 Å². The van der Waals surface area contributed by atoms with Crippen LogP contribution in [-0.4, -0.2) is 29.0 Å². The zero-order valence-corrected chi connectivity index (χ0v) is 15.9. The highest BCUT2D eigenvalue weighted by Gasteiger charge is 2.26. The topological polar surface area (TPSA) is 58.1 Å². The van der Waals surface area contributed by atoms with E-state index >= 15 is 0 Å². The number of anilines is 2. The number of para-hydroxylation sites is 1. The molecular weight excluding hydrogens is 336 g/mol. The van der Waals surface area contributed by atoms with Crippen LogP contribution in [0.5, 0.6) is 0 Å². The molecule has 1 aliphatic heterocycles. The van der Waals surface area contributed by atoms with Gasteiger partial charge in [-0.05, 0) is 57.1 Å². The van der Waals surface area contributed by atoms with Crippen molar-refractivity contribution >= 4 is 17.4 Å². The van der Waals surface area contributed by atoms with Gasteiger partial charge in [0.15, 0.2) is 0 Å². The fraction of sp³-hybridized carbons (Fsp3) is 0.409. The number of allylic oxidation sites excluding steroid dienone is 1. The van der Waals surface area contributed by atoms with E-state index in [0.29, 0.717) is 18.1 Å². The van der Waals surface area contributed by atoms with Gasteiger partial charge in [-0.15, -0.1) is 0 Å². The number of fused-ring (bicyclic) bond motifs is 1. The first-order valence-corrected chi connectivity index (χ1v) is 9.88. The number of hydrogen-bond donors (Lipinski definition) is 1. The van der Waals surface area contributed by atoms with Crippen LogP contribution in [0.3, 0.4) is 0 Å². The van der Waals surface area contributed by atoms with Crippen molar-refractivity contribution in [3.8, 4) is 0 Å². The maximum Gasteiger partial charge on any atom is 0.277 e. The molecule has 1 N–H and O–H groups in total. The number of nitrogens with one attached hydrogen (secondary N) is 1. The summed E-state index contributed by atoms with van der Waals surface area (Å²) < 4.78 is 0. The first-order chi connectivity index (χ1) is 13.2. The lowest BCUT2D eigenvalue weighted by atomic mass is 9.97. The summed E-state index contributed by atoms with van der Waals surface area (Å²) in [7, 11) is 0. The average Bonchev–Trinajstić information content (AvgIpc) is 3.12. The molecule has 2 aliphatic rings. The highest BCUT2D eigenvalue weighted by Crippen LogP contribution is 2.29. The summed E-state index contributed by atoms with van der Waals surface area (Å²) >= 11 is 0. The molecule has 0 spiro atoms. The van der Waals surface area contributed by atoms with Gasteiger partial charge in [-0.1, -0.05) is 29.8 Å². The highest BCUT2D eigenvalue weighted by atomic mass is 16.2. The monoisotopic (exact) mass is 362 g/mol. The standard InChI is InChI=1S/C22H26N4O/c1-16-24-19(22(27)26-14-12-18-9-5-6-10-20(18)26)15-21(25-16)23-13-11-17-7-3-2-4-8-17/h5-7,9-10,15H,2-4,8,11-14H2,1H3,(H,23,24,25). The van der Waals surface area contributed by atoms with Crippen LogP contribution >= 0.6 is 0 Å². The van der Waals surface area contributed by atoms with Gasteiger partial charge in [0, 0.05) is 24.8 Å². The summed E-state index contributed by atoms with van der Waals surface area (Å²) in [5.74, 6) is 1.30. The van der Waals surface area contributed by atoms with Gasteiger partial charge in [-0.3, -0.25) is 4.79 Å². The van der Waals surface area contributed by atoms with Crippen molar-refractivity contribution in [2.75, 3.05) is 23.3 Å². The van der Waals surface area contributed by atoms with Gasteiger partial charge >= 0.3 is 0 Å². The minimum atomic E-state index is -0.0523. The Balaban J connectivity index is 1.46. The second-order valence-electron chi connectivity index (χ2n) is 7.31. The van der Waals surface area contributed by atoms with Crippen molar-refractivity contribution in [1.29, 1.82) is 0 Å². The lowest BCUT2D eigenvalue weighted by Crippen LogP contribution is -2.30. The molecule has 0 atom stereocenters. The van der Waals surface area contributed by atoms with Gasteiger partial charge in [0.05, 0.1) is 0 Å². The van der Waals surface area contributed by atoms with Crippen LogP contribution in [0.15, 0.2) is 42.0 Å². The summed E-state index contributed by atoms with van der Waals surface area (Å²) in [5, 5.41) is 3.38. The van der Waals surface area contributed by atoms with Crippen molar-refractivity contribution in [3.63, 3.8) is 0 Å². The lowest BCUT2D eigenvalue weighted by Gasteiger charge is -2.18. The van der Waals surface area contributed by atoms with Crippen LogP contribution in [0, 0.1) is 6.92 Å². The normalized spacial score (nSPS) is 16.0. The van der Waals surface area contributed by atoms with Crippen molar-refractivity contribution in [2.24, 2.45) is 0 Å². The van der Waals surface area contributed by atoms with Gasteiger partial charge in [-0.25, -0.2) is 9.97 Å². The third-order valence-corrected chi connectivity index (χ3v) is 5.33. The number of hydrogen-bond acceptors (Lipinski definition) is 4. The largest absolute Gasteiger partial charge is 0.370 e. The number of amides is 1. The maximum atomic E-state index is 13.0. The third kappa shape index (κ3) is 4.02. The smallest absolute Gasteiger partial charge is 0.277 e. The van der Waals surface area contributed by atoms with Crippen molar-refractivity contribution < 1.29 is 4.79 Å². The third-order valence-electron chi connectivity index (χ3n) is 5.33. The van der Waals surface area contributed by atoms with E-state index in [9.17, 15) is 4.79 Å². The minimum absolute atomic E-state index is 0.0523. The minimum Gasteiger partial charge on any atom is -0.370 e. The Kier molecular flexibility index (Phi) is 5.19. The second kappa shape index (κ2) is 7.91. The van der Waals surface area contributed by atoms with Crippen LogP contribution in [0.25, 0.3) is 0 Å². The molecule has 0 fully saturated rings. The molecule has 1 amide bonds. The maximum absolute atomic E-state index is 13.0. The summed E-state index contributed by atoms with van der Waals surface area (Å²) in [6, 6.07) is 9.87. The van der Waals surface area contributed by atoms with Gasteiger partial charge in [0.1, 0.15) is 17.3 Å². The quantitative estimate of drug-likeness (QED) is 0.806. The van der Waals surface area contributed by atoms with E-state index in [2.05, 4.69) is 27.4 Å². The van der Waals surface area contributed by atoms with Gasteiger partial charge in [0.2, 0.25) is 0 Å². The van der Waals surface area contributed by atoms with Crippen molar-refractivity contribution in [1.82, 2.24) is 9.97 Å². The highest BCUT2D eigenvalue weighted by molar-refractivity contribution is 6.06. The molecule has 5 heteroatoms. The SMILES string of the molecule is Cc1nc(NCCC2=CCCCC2)cc(C(=O)N2CCc3ccccc32)n1. The number of carbonyl (C=O) groups is 1. The Hall–Kier alpha value is -2.69. The lowest BCUT2D eigenvalue weighted by molar-refractivity contribution is 0.0984. The number of nitrogens with zero attached hydrogens (tertiary/aromatic N) is 3. The molecule has 1 aliphatic carbocycles. The molecule has 0 saturated carbocycles. The molecule has 5 nitrogen and oxygen atoms in total. The van der Waals surface area contributed by atoms with Crippen LogP contribution in [0.2, 0.25) is 0 Å². The second-order valence-corrected chi connectivity index (χ2v) is 7.31. The van der Waals surface area contributed by atoms with Crippen molar-refractivity contribution in [2.45, 2.75) is 45.4 Å². The molecule has 0 bridgehead atoms. The zero-order chi connectivity index (χ0) is 18.6. The molecule has 0 unspecified atom stereocenters. The summed E-state index contributed by atoms with van der Waals surface area (Å²) in [6.07, 6.45) is 9.33. The fourth-order valence-electron chi connectivity index (χ4n) is 3.94. The Labute approximate surface area is 160 Å². The Morgan fingerprint density at radius 1 is 1.19 bits per heavy atom. The Morgan fingerprint density at radius 3 is 2.93 bits per heavy atom. The van der Waals surface area contributed by atoms with E-state index in [-0.39, 0.29) is 5.91 Å². The molecule has 1 aromatic carbocycles. The summed E-state index contributed by atoms with van der Waals surface area (Å²) in [4.78, 5) is 23.7. The molecule has 0 radical (unpaired) electrons. The van der Waals surface area contributed by atoms with E-state index < -0.39 is 0 Å². The van der Waals surface area contributed by atoms with E-state index in [1.165, 1.54) is 36.8 Å². The fourth-order valence-corrected chi connectivity index (χ4v) is 3.94. The van der Waals surface area contributed by atoms with Crippen molar-refractivity contribution in [3.05, 3.63) is 59.1 Å². The number of aromatic nitrogens is 2.